The summed E-state index contributed by atoms with van der Waals surface area (Å²) in [6.45, 7) is 5.29. The van der Waals surface area contributed by atoms with Crippen molar-refractivity contribution in [3.8, 4) is 0 Å². The molecule has 5 heteroatoms. The molecule has 2 fully saturated rings. The molecule has 4 nitrogen and oxygen atoms in total. The lowest BCUT2D eigenvalue weighted by atomic mass is 9.78. The third-order valence-corrected chi connectivity index (χ3v) is 5.27. The molecule has 0 spiro atoms. The van der Waals surface area contributed by atoms with E-state index in [1.165, 1.54) is 12.8 Å². The van der Waals surface area contributed by atoms with E-state index in [1.807, 2.05) is 42.2 Å². The van der Waals surface area contributed by atoms with Crippen LogP contribution in [0.5, 0.6) is 0 Å². The molecule has 3 rings (SSSR count). The Morgan fingerprint density at radius 2 is 2.00 bits per heavy atom. The summed E-state index contributed by atoms with van der Waals surface area (Å²) in [5.41, 5.74) is 7.26. The van der Waals surface area contributed by atoms with Gasteiger partial charge in [-0.1, -0.05) is 24.6 Å². The lowest BCUT2D eigenvalue weighted by Crippen LogP contribution is -2.41. The number of para-hydroxylation sites is 1. The van der Waals surface area contributed by atoms with Gasteiger partial charge in [-0.05, 0) is 43.7 Å². The van der Waals surface area contributed by atoms with Gasteiger partial charge >= 0.3 is 0 Å². The lowest BCUT2D eigenvalue weighted by molar-refractivity contribution is -0.119. The molecule has 1 saturated carbocycles. The molecule has 128 valence electrons. The molecule has 0 aromatic heterocycles. The van der Waals surface area contributed by atoms with Crippen molar-refractivity contribution >= 4 is 24.0 Å². The van der Waals surface area contributed by atoms with Crippen molar-refractivity contribution < 1.29 is 4.79 Å². The highest BCUT2D eigenvalue weighted by molar-refractivity contribution is 5.94. The van der Waals surface area contributed by atoms with Gasteiger partial charge in [-0.3, -0.25) is 9.69 Å². The number of hydrogen-bond acceptors (Lipinski definition) is 3. The number of hydrogen-bond donors (Lipinski definition) is 1. The number of anilines is 1. The molecule has 0 bridgehead atoms. The highest BCUT2D eigenvalue weighted by atomic mass is 35.5. The molecule has 1 aliphatic carbocycles. The number of likely N-dealkylation sites (tertiary alicyclic amines) is 1. The van der Waals surface area contributed by atoms with Crippen molar-refractivity contribution in [1.29, 1.82) is 0 Å². The predicted molar refractivity (Wildman–Crippen MR) is 97.0 cm³/mol. The molecule has 1 heterocycles. The Bertz CT molecular complexity index is 510. The molecule has 3 atom stereocenters. The van der Waals surface area contributed by atoms with Crippen LogP contribution in [0.15, 0.2) is 30.3 Å². The normalized spacial score (nSPS) is 27.1. The lowest BCUT2D eigenvalue weighted by Gasteiger charge is -2.29. The maximum atomic E-state index is 12.7. The molecule has 2 N–H and O–H groups in total. The zero-order valence-electron chi connectivity index (χ0n) is 13.9. The first-order chi connectivity index (χ1) is 10.7. The standard InChI is InChI=1S/C18H27N3O.ClH/c1-2-21(15-8-4-3-5-9-15)18(22)13-20-11-14-7-6-10-17(19)16(14)12-20;/h3-5,8-9,14,16-17H,2,6-7,10-13,19H2,1H3;1H. The van der Waals surface area contributed by atoms with Gasteiger partial charge in [0.15, 0.2) is 0 Å². The molecule has 1 saturated heterocycles. The Labute approximate surface area is 145 Å². The van der Waals surface area contributed by atoms with Crippen molar-refractivity contribution in [2.75, 3.05) is 31.1 Å². The van der Waals surface area contributed by atoms with E-state index in [2.05, 4.69) is 4.90 Å². The van der Waals surface area contributed by atoms with E-state index in [1.54, 1.807) is 0 Å². The Balaban J connectivity index is 0.00000192. The summed E-state index contributed by atoms with van der Waals surface area (Å²) in [5, 5.41) is 0. The first-order valence-corrected chi connectivity index (χ1v) is 8.52. The second-order valence-corrected chi connectivity index (χ2v) is 6.69. The van der Waals surface area contributed by atoms with Crippen LogP contribution in [0.1, 0.15) is 26.2 Å². The average Bonchev–Trinajstić information content (AvgIpc) is 2.93. The fourth-order valence-electron chi connectivity index (χ4n) is 4.13. The summed E-state index contributed by atoms with van der Waals surface area (Å²) in [6.07, 6.45) is 3.67. The minimum Gasteiger partial charge on any atom is -0.327 e. The maximum absolute atomic E-state index is 12.7. The molecule has 23 heavy (non-hydrogen) atoms. The van der Waals surface area contributed by atoms with Crippen molar-refractivity contribution in [2.45, 2.75) is 32.2 Å². The Morgan fingerprint density at radius 3 is 2.65 bits per heavy atom. The van der Waals surface area contributed by atoms with Crippen LogP contribution in [-0.4, -0.2) is 43.0 Å². The number of carbonyl (C=O) groups is 1. The van der Waals surface area contributed by atoms with E-state index in [9.17, 15) is 4.79 Å². The molecule has 0 radical (unpaired) electrons. The van der Waals surface area contributed by atoms with Gasteiger partial charge in [0.05, 0.1) is 6.54 Å². The number of halogens is 1. The summed E-state index contributed by atoms with van der Waals surface area (Å²) in [6, 6.07) is 10.3. The average molecular weight is 338 g/mol. The highest BCUT2D eigenvalue weighted by Gasteiger charge is 2.39. The van der Waals surface area contributed by atoms with Crippen molar-refractivity contribution in [1.82, 2.24) is 4.90 Å². The second-order valence-electron chi connectivity index (χ2n) is 6.69. The van der Waals surface area contributed by atoms with Gasteiger partial charge in [-0.2, -0.15) is 0 Å². The Kier molecular flexibility index (Phi) is 6.45. The number of rotatable bonds is 4. The fraction of sp³-hybridized carbons (Fsp3) is 0.611. The van der Waals surface area contributed by atoms with Gasteiger partial charge in [0.1, 0.15) is 0 Å². The SMILES string of the molecule is CCN(C(=O)CN1CC2CCCC(N)C2C1)c1ccccc1.Cl. The number of benzene rings is 1. The van der Waals surface area contributed by atoms with Gasteiger partial charge in [-0.25, -0.2) is 0 Å². The monoisotopic (exact) mass is 337 g/mol. The quantitative estimate of drug-likeness (QED) is 0.918. The molecule has 2 aliphatic rings. The number of nitrogens with two attached hydrogens (primary N) is 1. The first-order valence-electron chi connectivity index (χ1n) is 8.52. The van der Waals surface area contributed by atoms with Gasteiger partial charge in [0, 0.05) is 31.4 Å². The predicted octanol–water partition coefficient (Wildman–Crippen LogP) is 2.52. The summed E-state index contributed by atoms with van der Waals surface area (Å²) < 4.78 is 0. The molecule has 1 aliphatic heterocycles. The van der Waals surface area contributed by atoms with Crippen LogP contribution in [0.3, 0.4) is 0 Å². The van der Waals surface area contributed by atoms with Crippen LogP contribution >= 0.6 is 12.4 Å². The number of amides is 1. The largest absolute Gasteiger partial charge is 0.327 e. The van der Waals surface area contributed by atoms with Crippen LogP contribution in [0.25, 0.3) is 0 Å². The van der Waals surface area contributed by atoms with Crippen molar-refractivity contribution in [3.63, 3.8) is 0 Å². The van der Waals surface area contributed by atoms with Crippen LogP contribution in [0.4, 0.5) is 5.69 Å². The number of nitrogens with zero attached hydrogens (tertiary/aromatic N) is 2. The van der Waals surface area contributed by atoms with E-state index >= 15 is 0 Å². The van der Waals surface area contributed by atoms with E-state index in [0.29, 0.717) is 31.0 Å². The number of carbonyl (C=O) groups excluding carboxylic acids is 1. The number of fused-ring (bicyclic) bond motifs is 1. The topological polar surface area (TPSA) is 49.6 Å². The van der Waals surface area contributed by atoms with E-state index < -0.39 is 0 Å². The first kappa shape index (κ1) is 18.2. The van der Waals surface area contributed by atoms with Gasteiger partial charge in [0.2, 0.25) is 5.91 Å². The van der Waals surface area contributed by atoms with Crippen molar-refractivity contribution in [2.24, 2.45) is 17.6 Å². The smallest absolute Gasteiger partial charge is 0.241 e. The molecular weight excluding hydrogens is 310 g/mol. The summed E-state index contributed by atoms with van der Waals surface area (Å²) in [7, 11) is 0. The molecule has 1 aromatic rings. The van der Waals surface area contributed by atoms with Gasteiger partial charge in [0.25, 0.3) is 0 Å². The van der Waals surface area contributed by atoms with Crippen molar-refractivity contribution in [3.05, 3.63) is 30.3 Å². The van der Waals surface area contributed by atoms with Crippen LogP contribution in [0.2, 0.25) is 0 Å². The molecule has 1 aromatic carbocycles. The highest BCUT2D eigenvalue weighted by Crippen LogP contribution is 2.35. The minimum atomic E-state index is 0. The maximum Gasteiger partial charge on any atom is 0.241 e. The zero-order valence-corrected chi connectivity index (χ0v) is 14.7. The van der Waals surface area contributed by atoms with Crippen LogP contribution < -0.4 is 10.6 Å². The molecule has 3 unspecified atom stereocenters. The molecule has 1 amide bonds. The third kappa shape index (κ3) is 4.06. The Morgan fingerprint density at radius 1 is 1.26 bits per heavy atom. The zero-order chi connectivity index (χ0) is 15.5. The number of likely N-dealkylation sites (N-methyl/N-ethyl adjacent to an activating group) is 1. The van der Waals surface area contributed by atoms with Crippen LogP contribution in [0, 0.1) is 11.8 Å². The van der Waals surface area contributed by atoms with E-state index in [4.69, 9.17) is 5.73 Å². The summed E-state index contributed by atoms with van der Waals surface area (Å²) in [5.74, 6) is 1.48. The summed E-state index contributed by atoms with van der Waals surface area (Å²) in [4.78, 5) is 16.9. The van der Waals surface area contributed by atoms with Gasteiger partial charge < -0.3 is 10.6 Å². The van der Waals surface area contributed by atoms with E-state index in [-0.39, 0.29) is 18.3 Å². The van der Waals surface area contributed by atoms with Gasteiger partial charge in [-0.15, -0.1) is 12.4 Å². The fourth-order valence-corrected chi connectivity index (χ4v) is 4.13. The Hall–Kier alpha value is -1.10. The third-order valence-electron chi connectivity index (χ3n) is 5.27. The van der Waals surface area contributed by atoms with E-state index in [0.717, 1.165) is 25.2 Å². The second kappa shape index (κ2) is 8.13. The molecular formula is C18H28ClN3O. The van der Waals surface area contributed by atoms with Crippen LogP contribution in [-0.2, 0) is 4.79 Å². The minimum absolute atomic E-state index is 0. The summed E-state index contributed by atoms with van der Waals surface area (Å²) >= 11 is 0.